The fourth-order valence-electron chi connectivity index (χ4n) is 1.19. The summed E-state index contributed by atoms with van der Waals surface area (Å²) in [5, 5.41) is 8.70. The van der Waals surface area contributed by atoms with Crippen LogP contribution >= 0.6 is 0 Å². The topological polar surface area (TPSA) is 53.0 Å². The van der Waals surface area contributed by atoms with Crippen LogP contribution in [0.15, 0.2) is 0 Å². The van der Waals surface area contributed by atoms with Gasteiger partial charge in [0.15, 0.2) is 0 Å². The molecule has 0 rings (SSSR count). The van der Waals surface area contributed by atoms with Crippen molar-refractivity contribution in [3.63, 3.8) is 0 Å². The summed E-state index contributed by atoms with van der Waals surface area (Å²) in [4.78, 5) is 2.22. The van der Waals surface area contributed by atoms with Crippen molar-refractivity contribution in [3.8, 4) is 6.07 Å². The molecule has 76 valence electrons. The van der Waals surface area contributed by atoms with Gasteiger partial charge in [0.1, 0.15) is 5.54 Å². The van der Waals surface area contributed by atoms with E-state index in [9.17, 15) is 0 Å². The summed E-state index contributed by atoms with van der Waals surface area (Å²) >= 11 is 0. The third kappa shape index (κ3) is 6.56. The van der Waals surface area contributed by atoms with E-state index >= 15 is 0 Å². The molecule has 0 bridgehead atoms. The molecule has 0 aromatic carbocycles. The quantitative estimate of drug-likeness (QED) is 0.697. The number of rotatable bonds is 5. The van der Waals surface area contributed by atoms with Crippen LogP contribution in [-0.4, -0.2) is 30.6 Å². The van der Waals surface area contributed by atoms with Crippen LogP contribution in [0.3, 0.4) is 0 Å². The standard InChI is InChI=1S/C10H21N3/c1-9(2)7-13(4)6-5-10(3,12)8-11/h9H,5-7,12H2,1-4H3. The maximum absolute atomic E-state index is 8.70. The lowest BCUT2D eigenvalue weighted by Gasteiger charge is -2.22. The first kappa shape index (κ1) is 12.4. The molecule has 3 nitrogen and oxygen atoms in total. The molecule has 1 atom stereocenters. The summed E-state index contributed by atoms with van der Waals surface area (Å²) < 4.78 is 0. The summed E-state index contributed by atoms with van der Waals surface area (Å²) in [5.41, 5.74) is 5.03. The Hall–Kier alpha value is -0.590. The first-order chi connectivity index (χ1) is 5.87. The zero-order chi connectivity index (χ0) is 10.5. The second-order valence-electron chi connectivity index (χ2n) is 4.44. The molecule has 0 heterocycles. The molecule has 0 aromatic rings. The van der Waals surface area contributed by atoms with Crippen molar-refractivity contribution in [2.45, 2.75) is 32.7 Å². The molecule has 0 saturated heterocycles. The highest BCUT2D eigenvalue weighted by atomic mass is 15.1. The van der Waals surface area contributed by atoms with Crippen molar-refractivity contribution < 1.29 is 0 Å². The van der Waals surface area contributed by atoms with Gasteiger partial charge in [-0.1, -0.05) is 13.8 Å². The normalized spacial score (nSPS) is 15.8. The minimum absolute atomic E-state index is 0.663. The van der Waals surface area contributed by atoms with Crippen molar-refractivity contribution in [1.29, 1.82) is 5.26 Å². The molecule has 0 aliphatic rings. The average Bonchev–Trinajstić information content (AvgIpc) is 2.00. The molecule has 0 radical (unpaired) electrons. The SMILES string of the molecule is CC(C)CN(C)CCC(C)(N)C#N. The van der Waals surface area contributed by atoms with E-state index in [1.54, 1.807) is 6.92 Å². The monoisotopic (exact) mass is 183 g/mol. The zero-order valence-corrected chi connectivity index (χ0v) is 9.17. The highest BCUT2D eigenvalue weighted by molar-refractivity contribution is 5.00. The van der Waals surface area contributed by atoms with Crippen LogP contribution < -0.4 is 5.73 Å². The Bertz CT molecular complexity index is 179. The van der Waals surface area contributed by atoms with Gasteiger partial charge in [0.2, 0.25) is 0 Å². The smallest absolute Gasteiger partial charge is 0.102 e. The van der Waals surface area contributed by atoms with E-state index in [4.69, 9.17) is 11.0 Å². The second kappa shape index (κ2) is 5.21. The van der Waals surface area contributed by atoms with Crippen molar-refractivity contribution in [1.82, 2.24) is 4.90 Å². The van der Waals surface area contributed by atoms with E-state index in [0.717, 1.165) is 19.5 Å². The van der Waals surface area contributed by atoms with Crippen LogP contribution in [0.25, 0.3) is 0 Å². The van der Waals surface area contributed by atoms with Gasteiger partial charge in [-0.15, -0.1) is 0 Å². The van der Waals surface area contributed by atoms with E-state index in [-0.39, 0.29) is 0 Å². The van der Waals surface area contributed by atoms with E-state index < -0.39 is 5.54 Å². The third-order valence-electron chi connectivity index (χ3n) is 1.95. The molecule has 0 fully saturated rings. The number of nitrogens with two attached hydrogens (primary N) is 1. The number of nitrogens with zero attached hydrogens (tertiary/aromatic N) is 2. The molecule has 1 unspecified atom stereocenters. The lowest BCUT2D eigenvalue weighted by Crippen LogP contribution is -2.38. The summed E-state index contributed by atoms with van der Waals surface area (Å²) in [6.45, 7) is 8.08. The maximum atomic E-state index is 8.70. The first-order valence-electron chi connectivity index (χ1n) is 4.76. The lowest BCUT2D eigenvalue weighted by molar-refractivity contribution is 0.276. The molecule has 3 heteroatoms. The molecule has 0 aliphatic heterocycles. The van der Waals surface area contributed by atoms with Gasteiger partial charge >= 0.3 is 0 Å². The fraction of sp³-hybridized carbons (Fsp3) is 0.900. The van der Waals surface area contributed by atoms with E-state index in [1.165, 1.54) is 0 Å². The third-order valence-corrected chi connectivity index (χ3v) is 1.95. The first-order valence-corrected chi connectivity index (χ1v) is 4.76. The fourth-order valence-corrected chi connectivity index (χ4v) is 1.19. The van der Waals surface area contributed by atoms with Crippen LogP contribution in [0.2, 0.25) is 0 Å². The summed E-state index contributed by atoms with van der Waals surface area (Å²) in [6, 6.07) is 2.10. The minimum atomic E-state index is -0.675. The molecule has 13 heavy (non-hydrogen) atoms. The Balaban J connectivity index is 3.71. The lowest BCUT2D eigenvalue weighted by atomic mass is 10.0. The molecule has 0 saturated carbocycles. The van der Waals surface area contributed by atoms with Gasteiger partial charge in [-0.3, -0.25) is 0 Å². The molecule has 0 aliphatic carbocycles. The molecular weight excluding hydrogens is 162 g/mol. The Morgan fingerprint density at radius 1 is 1.54 bits per heavy atom. The highest BCUT2D eigenvalue weighted by Crippen LogP contribution is 2.05. The Kier molecular flexibility index (Phi) is 4.97. The van der Waals surface area contributed by atoms with Gasteiger partial charge in [0.05, 0.1) is 6.07 Å². The predicted molar refractivity (Wildman–Crippen MR) is 55.2 cm³/mol. The van der Waals surface area contributed by atoms with Gasteiger partial charge in [0, 0.05) is 13.1 Å². The van der Waals surface area contributed by atoms with E-state index in [2.05, 4.69) is 31.9 Å². The maximum Gasteiger partial charge on any atom is 0.102 e. The Morgan fingerprint density at radius 2 is 2.08 bits per heavy atom. The second-order valence-corrected chi connectivity index (χ2v) is 4.44. The largest absolute Gasteiger partial charge is 0.314 e. The molecule has 0 aromatic heterocycles. The van der Waals surface area contributed by atoms with E-state index in [0.29, 0.717) is 5.92 Å². The van der Waals surface area contributed by atoms with E-state index in [1.807, 2.05) is 0 Å². The number of nitriles is 1. The highest BCUT2D eigenvalue weighted by Gasteiger charge is 2.17. The summed E-state index contributed by atoms with van der Waals surface area (Å²) in [6.07, 6.45) is 0.729. The van der Waals surface area contributed by atoms with Crippen LogP contribution in [-0.2, 0) is 0 Å². The summed E-state index contributed by atoms with van der Waals surface area (Å²) in [7, 11) is 2.06. The summed E-state index contributed by atoms with van der Waals surface area (Å²) in [5.74, 6) is 0.663. The van der Waals surface area contributed by atoms with Gasteiger partial charge in [-0.2, -0.15) is 5.26 Å². The van der Waals surface area contributed by atoms with Crippen LogP contribution in [0.1, 0.15) is 27.2 Å². The van der Waals surface area contributed by atoms with Crippen molar-refractivity contribution >= 4 is 0 Å². The molecular formula is C10H21N3. The van der Waals surface area contributed by atoms with Crippen LogP contribution in [0.4, 0.5) is 0 Å². The van der Waals surface area contributed by atoms with Crippen LogP contribution in [0, 0.1) is 17.2 Å². The number of hydrogen-bond donors (Lipinski definition) is 1. The van der Waals surface area contributed by atoms with Crippen molar-refractivity contribution in [2.75, 3.05) is 20.1 Å². The Morgan fingerprint density at radius 3 is 2.46 bits per heavy atom. The van der Waals surface area contributed by atoms with Gasteiger partial charge in [-0.05, 0) is 26.3 Å². The van der Waals surface area contributed by atoms with Crippen molar-refractivity contribution in [3.05, 3.63) is 0 Å². The van der Waals surface area contributed by atoms with Gasteiger partial charge in [0.25, 0.3) is 0 Å². The minimum Gasteiger partial charge on any atom is -0.314 e. The average molecular weight is 183 g/mol. The van der Waals surface area contributed by atoms with Gasteiger partial charge < -0.3 is 10.6 Å². The molecule has 0 spiro atoms. The van der Waals surface area contributed by atoms with Crippen molar-refractivity contribution in [2.24, 2.45) is 11.7 Å². The Labute approximate surface area is 81.5 Å². The molecule has 2 N–H and O–H groups in total. The zero-order valence-electron chi connectivity index (χ0n) is 9.17. The van der Waals surface area contributed by atoms with Crippen LogP contribution in [0.5, 0.6) is 0 Å². The number of hydrogen-bond acceptors (Lipinski definition) is 3. The molecule has 0 amide bonds. The van der Waals surface area contributed by atoms with Gasteiger partial charge in [-0.25, -0.2) is 0 Å². The predicted octanol–water partition coefficient (Wildman–Crippen LogP) is 1.21.